The summed E-state index contributed by atoms with van der Waals surface area (Å²) in [6, 6.07) is 3.23. The van der Waals surface area contributed by atoms with E-state index in [2.05, 4.69) is 0 Å². The van der Waals surface area contributed by atoms with Crippen LogP contribution in [0.5, 0.6) is 11.5 Å². The monoisotopic (exact) mass is 225 g/mol. The van der Waals surface area contributed by atoms with Crippen molar-refractivity contribution in [3.8, 4) is 11.5 Å². The van der Waals surface area contributed by atoms with Crippen molar-refractivity contribution < 1.29 is 14.6 Å². The van der Waals surface area contributed by atoms with E-state index < -0.39 is 12.1 Å². The largest absolute Gasteiger partial charge is 0.496 e. The highest BCUT2D eigenvalue weighted by atomic mass is 16.5. The van der Waals surface area contributed by atoms with Crippen LogP contribution in [-0.4, -0.2) is 25.4 Å². The molecule has 4 heteroatoms. The third-order valence-corrected chi connectivity index (χ3v) is 2.54. The number of hydrogen-bond acceptors (Lipinski definition) is 4. The fourth-order valence-electron chi connectivity index (χ4n) is 1.64. The molecule has 0 saturated carbocycles. The second kappa shape index (κ2) is 5.18. The molecule has 0 amide bonds. The maximum absolute atomic E-state index is 9.55. The van der Waals surface area contributed by atoms with E-state index in [0.29, 0.717) is 17.1 Å². The topological polar surface area (TPSA) is 64.7 Å². The second-order valence-corrected chi connectivity index (χ2v) is 3.85. The first-order valence-corrected chi connectivity index (χ1v) is 5.17. The zero-order valence-electron chi connectivity index (χ0n) is 10.2. The van der Waals surface area contributed by atoms with Gasteiger partial charge in [-0.2, -0.15) is 0 Å². The fraction of sp³-hybridized carbons (Fsp3) is 0.500. The molecule has 1 aromatic carbocycles. The number of benzene rings is 1. The highest BCUT2D eigenvalue weighted by Crippen LogP contribution is 2.35. The highest BCUT2D eigenvalue weighted by molar-refractivity contribution is 5.50. The number of rotatable bonds is 4. The predicted molar refractivity (Wildman–Crippen MR) is 62.9 cm³/mol. The van der Waals surface area contributed by atoms with E-state index in [1.165, 1.54) is 0 Å². The number of ether oxygens (including phenoxy) is 2. The Morgan fingerprint density at radius 1 is 1.19 bits per heavy atom. The van der Waals surface area contributed by atoms with Crippen LogP contribution in [-0.2, 0) is 0 Å². The van der Waals surface area contributed by atoms with Crippen molar-refractivity contribution in [2.24, 2.45) is 5.73 Å². The summed E-state index contributed by atoms with van der Waals surface area (Å²) in [5.74, 6) is 1.29. The van der Waals surface area contributed by atoms with Crippen molar-refractivity contribution in [2.75, 3.05) is 14.2 Å². The lowest BCUT2D eigenvalue weighted by atomic mass is 9.99. The van der Waals surface area contributed by atoms with Crippen molar-refractivity contribution in [3.63, 3.8) is 0 Å². The van der Waals surface area contributed by atoms with Crippen LogP contribution in [0.1, 0.15) is 24.1 Å². The lowest BCUT2D eigenvalue weighted by molar-refractivity contribution is 0.161. The van der Waals surface area contributed by atoms with Crippen molar-refractivity contribution in [2.45, 2.75) is 26.0 Å². The number of aliphatic hydroxyl groups excluding tert-OH is 1. The lowest BCUT2D eigenvalue weighted by Crippen LogP contribution is -2.24. The number of aryl methyl sites for hydroxylation is 1. The molecule has 0 spiro atoms. The molecule has 0 unspecified atom stereocenters. The minimum atomic E-state index is -0.662. The van der Waals surface area contributed by atoms with Gasteiger partial charge in [-0.3, -0.25) is 0 Å². The molecule has 90 valence electrons. The van der Waals surface area contributed by atoms with Gasteiger partial charge in [0.2, 0.25) is 0 Å². The van der Waals surface area contributed by atoms with Gasteiger partial charge in [0.05, 0.1) is 31.9 Å². The van der Waals surface area contributed by atoms with E-state index in [-0.39, 0.29) is 0 Å². The number of methoxy groups -OCH3 is 2. The molecule has 1 rings (SSSR count). The zero-order chi connectivity index (χ0) is 12.3. The van der Waals surface area contributed by atoms with Crippen LogP contribution in [0.4, 0.5) is 0 Å². The van der Waals surface area contributed by atoms with Gasteiger partial charge in [0.25, 0.3) is 0 Å². The van der Waals surface area contributed by atoms with E-state index in [0.717, 1.165) is 5.56 Å². The first kappa shape index (κ1) is 12.8. The Hall–Kier alpha value is -1.26. The minimum Gasteiger partial charge on any atom is -0.496 e. The van der Waals surface area contributed by atoms with Crippen molar-refractivity contribution in [3.05, 3.63) is 23.3 Å². The van der Waals surface area contributed by atoms with E-state index in [4.69, 9.17) is 15.2 Å². The number of aliphatic hydroxyl groups is 1. The van der Waals surface area contributed by atoms with Crippen molar-refractivity contribution in [1.82, 2.24) is 0 Å². The van der Waals surface area contributed by atoms with E-state index in [1.54, 1.807) is 21.1 Å². The zero-order valence-corrected chi connectivity index (χ0v) is 10.2. The summed E-state index contributed by atoms with van der Waals surface area (Å²) in [5, 5.41) is 9.55. The summed E-state index contributed by atoms with van der Waals surface area (Å²) in [6.07, 6.45) is -0.662. The molecule has 16 heavy (non-hydrogen) atoms. The molecule has 0 fully saturated rings. The van der Waals surface area contributed by atoms with Crippen molar-refractivity contribution >= 4 is 0 Å². The predicted octanol–water partition coefficient (Wildman–Crippen LogP) is 1.39. The van der Waals surface area contributed by atoms with E-state index in [1.807, 2.05) is 19.1 Å². The van der Waals surface area contributed by atoms with Gasteiger partial charge in [-0.1, -0.05) is 0 Å². The van der Waals surface area contributed by atoms with Gasteiger partial charge in [-0.15, -0.1) is 0 Å². The fourth-order valence-corrected chi connectivity index (χ4v) is 1.64. The van der Waals surface area contributed by atoms with E-state index in [9.17, 15) is 5.11 Å². The lowest BCUT2D eigenvalue weighted by Gasteiger charge is -2.21. The van der Waals surface area contributed by atoms with Crippen molar-refractivity contribution in [1.29, 1.82) is 0 Å². The molecule has 1 aromatic rings. The quantitative estimate of drug-likeness (QED) is 0.812. The highest BCUT2D eigenvalue weighted by Gasteiger charge is 2.21. The van der Waals surface area contributed by atoms with Gasteiger partial charge in [-0.25, -0.2) is 0 Å². The van der Waals surface area contributed by atoms with Gasteiger partial charge in [0.15, 0.2) is 0 Å². The Morgan fingerprint density at radius 2 is 1.62 bits per heavy atom. The van der Waals surface area contributed by atoms with E-state index >= 15 is 0 Å². The molecule has 3 N–H and O–H groups in total. The van der Waals surface area contributed by atoms with Crippen LogP contribution in [0, 0.1) is 6.92 Å². The van der Waals surface area contributed by atoms with Crippen LogP contribution in [0.15, 0.2) is 12.1 Å². The molecule has 0 saturated heterocycles. The van der Waals surface area contributed by atoms with Crippen LogP contribution in [0.3, 0.4) is 0 Å². The Morgan fingerprint density at radius 3 is 1.94 bits per heavy atom. The summed E-state index contributed by atoms with van der Waals surface area (Å²) in [6.45, 7) is 3.59. The van der Waals surface area contributed by atoms with Crippen LogP contribution in [0.2, 0.25) is 0 Å². The maximum Gasteiger partial charge on any atom is 0.127 e. The molecule has 0 aliphatic heterocycles. The maximum atomic E-state index is 9.55. The van der Waals surface area contributed by atoms with Gasteiger partial charge in [-0.05, 0) is 31.5 Å². The number of nitrogens with two attached hydrogens (primary N) is 1. The summed E-state index contributed by atoms with van der Waals surface area (Å²) in [4.78, 5) is 0. The third-order valence-electron chi connectivity index (χ3n) is 2.54. The summed E-state index contributed by atoms with van der Waals surface area (Å²) < 4.78 is 10.5. The van der Waals surface area contributed by atoms with Gasteiger partial charge >= 0.3 is 0 Å². The molecule has 0 aliphatic carbocycles. The SMILES string of the molecule is COc1cc(C)cc(OC)c1[C@@H](N)[C@H](C)O. The molecule has 0 aromatic heterocycles. The first-order valence-electron chi connectivity index (χ1n) is 5.17. The Labute approximate surface area is 96.0 Å². The van der Waals surface area contributed by atoms with Gasteiger partial charge in [0.1, 0.15) is 11.5 Å². The van der Waals surface area contributed by atoms with Gasteiger partial charge in [0, 0.05) is 0 Å². The molecule has 0 radical (unpaired) electrons. The average molecular weight is 225 g/mol. The third kappa shape index (κ3) is 2.46. The summed E-state index contributed by atoms with van der Waals surface area (Å²) in [7, 11) is 3.15. The molecular formula is C12H19NO3. The average Bonchev–Trinajstić information content (AvgIpc) is 2.26. The Balaban J connectivity index is 3.32. The minimum absolute atomic E-state index is 0.523. The standard InChI is InChI=1S/C12H19NO3/c1-7-5-9(15-3)11(10(6-7)16-4)12(13)8(2)14/h5-6,8,12,14H,13H2,1-4H3/t8-,12-/m0/s1. The molecule has 2 atom stereocenters. The summed E-state index contributed by atoms with van der Waals surface area (Å²) >= 11 is 0. The summed E-state index contributed by atoms with van der Waals surface area (Å²) in [5.41, 5.74) is 7.65. The molecule has 0 bridgehead atoms. The normalized spacial score (nSPS) is 14.4. The Bertz CT molecular complexity index is 338. The second-order valence-electron chi connectivity index (χ2n) is 3.85. The number of hydrogen-bond donors (Lipinski definition) is 2. The first-order chi connectivity index (χ1) is 7.51. The molecule has 4 nitrogen and oxygen atoms in total. The Kier molecular flexibility index (Phi) is 4.15. The van der Waals surface area contributed by atoms with Crippen LogP contribution < -0.4 is 15.2 Å². The molecular weight excluding hydrogens is 206 g/mol. The molecule has 0 heterocycles. The smallest absolute Gasteiger partial charge is 0.127 e. The van der Waals surface area contributed by atoms with Crippen LogP contribution >= 0.6 is 0 Å². The van der Waals surface area contributed by atoms with Crippen LogP contribution in [0.25, 0.3) is 0 Å². The molecule has 0 aliphatic rings. The van der Waals surface area contributed by atoms with Gasteiger partial charge < -0.3 is 20.3 Å².